The lowest BCUT2D eigenvalue weighted by molar-refractivity contribution is 0.415. The number of aryl methyl sites for hydroxylation is 1. The molecule has 0 saturated carbocycles. The number of nitrogens with zero attached hydrogens (tertiary/aromatic N) is 1. The van der Waals surface area contributed by atoms with Crippen LogP contribution in [0.15, 0.2) is 42.5 Å². The molecule has 2 heteroatoms. The van der Waals surface area contributed by atoms with Gasteiger partial charge in [0, 0.05) is 16.5 Å². The fourth-order valence-electron chi connectivity index (χ4n) is 2.22. The minimum atomic E-state index is 0.873. The average Bonchev–Trinajstić information content (AvgIpc) is 2.38. The maximum Gasteiger partial charge on any atom is 0.119 e. The summed E-state index contributed by atoms with van der Waals surface area (Å²) in [6.07, 6.45) is 0. The zero-order chi connectivity index (χ0) is 11.8. The van der Waals surface area contributed by atoms with E-state index in [2.05, 4.69) is 17.1 Å². The van der Waals surface area contributed by atoms with Gasteiger partial charge >= 0.3 is 0 Å². The van der Waals surface area contributed by atoms with Crippen LogP contribution in [0.4, 0.5) is 0 Å². The molecule has 0 unspecified atom stereocenters. The highest BCUT2D eigenvalue weighted by Crippen LogP contribution is 2.28. The molecule has 0 bridgehead atoms. The van der Waals surface area contributed by atoms with Gasteiger partial charge in [0.2, 0.25) is 0 Å². The van der Waals surface area contributed by atoms with Crippen molar-refractivity contribution in [3.05, 3.63) is 48.2 Å². The van der Waals surface area contributed by atoms with E-state index in [1.165, 1.54) is 10.8 Å². The van der Waals surface area contributed by atoms with Gasteiger partial charge in [-0.05, 0) is 36.6 Å². The first-order valence-corrected chi connectivity index (χ1v) is 5.62. The van der Waals surface area contributed by atoms with Gasteiger partial charge in [-0.15, -0.1) is 0 Å². The van der Waals surface area contributed by atoms with Gasteiger partial charge in [-0.2, -0.15) is 0 Å². The maximum atomic E-state index is 5.26. The molecule has 17 heavy (non-hydrogen) atoms. The van der Waals surface area contributed by atoms with Crippen molar-refractivity contribution < 1.29 is 4.74 Å². The number of ether oxygens (including phenoxy) is 1. The van der Waals surface area contributed by atoms with Gasteiger partial charge in [0.15, 0.2) is 0 Å². The smallest absolute Gasteiger partial charge is 0.119 e. The van der Waals surface area contributed by atoms with Crippen LogP contribution in [0.3, 0.4) is 0 Å². The van der Waals surface area contributed by atoms with Gasteiger partial charge < -0.3 is 4.74 Å². The Bertz CT molecular complexity index is 704. The number of benzene rings is 2. The summed E-state index contributed by atoms with van der Waals surface area (Å²) < 4.78 is 5.26. The molecule has 2 aromatic carbocycles. The molecule has 0 amide bonds. The highest BCUT2D eigenvalue weighted by Gasteiger charge is 2.05. The summed E-state index contributed by atoms with van der Waals surface area (Å²) in [4.78, 5) is 4.62. The lowest BCUT2D eigenvalue weighted by atomic mass is 10.0. The van der Waals surface area contributed by atoms with Gasteiger partial charge in [0.25, 0.3) is 0 Å². The third kappa shape index (κ3) is 1.53. The first kappa shape index (κ1) is 10.1. The number of fused-ring (bicyclic) bond motifs is 3. The number of hydrogen-bond donors (Lipinski definition) is 0. The van der Waals surface area contributed by atoms with E-state index in [4.69, 9.17) is 4.74 Å². The van der Waals surface area contributed by atoms with E-state index in [0.29, 0.717) is 0 Å². The Hall–Kier alpha value is -2.09. The van der Waals surface area contributed by atoms with Crippen molar-refractivity contribution in [3.8, 4) is 5.75 Å². The molecule has 84 valence electrons. The van der Waals surface area contributed by atoms with E-state index in [-0.39, 0.29) is 0 Å². The summed E-state index contributed by atoms with van der Waals surface area (Å²) in [5, 5.41) is 3.58. The first-order valence-electron chi connectivity index (χ1n) is 5.62. The molecule has 0 fully saturated rings. The molecule has 1 aromatic heterocycles. The van der Waals surface area contributed by atoms with Crippen molar-refractivity contribution in [2.24, 2.45) is 0 Å². The predicted octanol–water partition coefficient (Wildman–Crippen LogP) is 3.71. The normalized spacial score (nSPS) is 10.9. The molecule has 0 radical (unpaired) electrons. The molecule has 0 aliphatic rings. The van der Waals surface area contributed by atoms with Crippen LogP contribution in [0.5, 0.6) is 5.75 Å². The molecule has 2 nitrogen and oxygen atoms in total. The van der Waals surface area contributed by atoms with Gasteiger partial charge in [-0.25, -0.2) is 0 Å². The lowest BCUT2D eigenvalue weighted by Crippen LogP contribution is -1.89. The van der Waals surface area contributed by atoms with Crippen LogP contribution < -0.4 is 4.74 Å². The second kappa shape index (κ2) is 3.74. The standard InChI is InChI=1S/C15H13NO/c1-10-14-9-11(17-2)7-8-12(14)13-5-3-4-6-15(13)16-10/h3-9H,1-2H3. The number of para-hydroxylation sites is 1. The highest BCUT2D eigenvalue weighted by atomic mass is 16.5. The SMILES string of the molecule is COc1ccc2c(c1)c(C)nc1ccccc12. The fourth-order valence-corrected chi connectivity index (χ4v) is 2.22. The molecule has 0 saturated heterocycles. The number of rotatable bonds is 1. The molecule has 0 aliphatic heterocycles. The molecular formula is C15H13NO. The summed E-state index contributed by atoms with van der Waals surface area (Å²) in [5.74, 6) is 0.873. The number of hydrogen-bond acceptors (Lipinski definition) is 2. The third-order valence-electron chi connectivity index (χ3n) is 3.10. The number of aromatic nitrogens is 1. The Balaban J connectivity index is 2.49. The summed E-state index contributed by atoms with van der Waals surface area (Å²) >= 11 is 0. The molecular weight excluding hydrogens is 210 g/mol. The topological polar surface area (TPSA) is 22.1 Å². The van der Waals surface area contributed by atoms with E-state index in [1.54, 1.807) is 7.11 Å². The van der Waals surface area contributed by atoms with Crippen molar-refractivity contribution in [2.75, 3.05) is 7.11 Å². The Morgan fingerprint density at radius 2 is 1.76 bits per heavy atom. The van der Waals surface area contributed by atoms with Crippen LogP contribution in [0.2, 0.25) is 0 Å². The van der Waals surface area contributed by atoms with Crippen molar-refractivity contribution in [1.29, 1.82) is 0 Å². The first-order chi connectivity index (χ1) is 8.29. The van der Waals surface area contributed by atoms with E-state index < -0.39 is 0 Å². The molecule has 3 aromatic rings. The van der Waals surface area contributed by atoms with Crippen molar-refractivity contribution in [3.63, 3.8) is 0 Å². The van der Waals surface area contributed by atoms with E-state index >= 15 is 0 Å². The van der Waals surface area contributed by atoms with Crippen molar-refractivity contribution >= 4 is 21.7 Å². The lowest BCUT2D eigenvalue weighted by Gasteiger charge is -2.08. The number of pyridine rings is 1. The van der Waals surface area contributed by atoms with E-state index in [0.717, 1.165) is 22.3 Å². The Morgan fingerprint density at radius 3 is 2.59 bits per heavy atom. The molecule has 3 rings (SSSR count). The Morgan fingerprint density at radius 1 is 0.941 bits per heavy atom. The third-order valence-corrected chi connectivity index (χ3v) is 3.10. The zero-order valence-corrected chi connectivity index (χ0v) is 9.90. The van der Waals surface area contributed by atoms with Crippen LogP contribution in [0.1, 0.15) is 5.69 Å². The minimum absolute atomic E-state index is 0.873. The average molecular weight is 223 g/mol. The monoisotopic (exact) mass is 223 g/mol. The summed E-state index contributed by atoms with van der Waals surface area (Å²) in [6.45, 7) is 2.04. The largest absolute Gasteiger partial charge is 0.497 e. The Kier molecular flexibility index (Phi) is 2.22. The molecule has 0 aliphatic carbocycles. The van der Waals surface area contributed by atoms with Gasteiger partial charge in [-0.3, -0.25) is 4.98 Å². The van der Waals surface area contributed by atoms with Gasteiger partial charge in [0.1, 0.15) is 5.75 Å². The number of methoxy groups -OCH3 is 1. The second-order valence-corrected chi connectivity index (χ2v) is 4.13. The van der Waals surface area contributed by atoms with Crippen LogP contribution in [-0.2, 0) is 0 Å². The minimum Gasteiger partial charge on any atom is -0.497 e. The molecule has 0 N–H and O–H groups in total. The van der Waals surface area contributed by atoms with Crippen molar-refractivity contribution in [1.82, 2.24) is 4.98 Å². The van der Waals surface area contributed by atoms with Crippen LogP contribution in [0.25, 0.3) is 21.7 Å². The van der Waals surface area contributed by atoms with Crippen LogP contribution in [-0.4, -0.2) is 12.1 Å². The zero-order valence-electron chi connectivity index (χ0n) is 9.90. The van der Waals surface area contributed by atoms with E-state index in [1.807, 2.05) is 37.3 Å². The maximum absolute atomic E-state index is 5.26. The van der Waals surface area contributed by atoms with Crippen LogP contribution in [0, 0.1) is 6.92 Å². The molecule has 1 heterocycles. The second-order valence-electron chi connectivity index (χ2n) is 4.13. The summed E-state index contributed by atoms with van der Waals surface area (Å²) in [6, 6.07) is 14.4. The predicted molar refractivity (Wildman–Crippen MR) is 70.5 cm³/mol. The van der Waals surface area contributed by atoms with Crippen LogP contribution >= 0.6 is 0 Å². The van der Waals surface area contributed by atoms with Gasteiger partial charge in [-0.1, -0.05) is 18.2 Å². The molecule has 0 atom stereocenters. The highest BCUT2D eigenvalue weighted by molar-refractivity contribution is 6.06. The van der Waals surface area contributed by atoms with Crippen molar-refractivity contribution in [2.45, 2.75) is 6.92 Å². The quantitative estimate of drug-likeness (QED) is 0.587. The summed E-state index contributed by atoms with van der Waals surface area (Å²) in [5.41, 5.74) is 2.08. The fraction of sp³-hybridized carbons (Fsp3) is 0.133. The van der Waals surface area contributed by atoms with Gasteiger partial charge in [0.05, 0.1) is 12.6 Å². The Labute approximate surface area is 99.9 Å². The summed E-state index contributed by atoms with van der Waals surface area (Å²) in [7, 11) is 1.69. The van der Waals surface area contributed by atoms with E-state index in [9.17, 15) is 0 Å². The molecule has 0 spiro atoms.